The van der Waals surface area contributed by atoms with Gasteiger partial charge in [0.05, 0.1) is 12.4 Å². The average Bonchev–Trinajstić information content (AvgIpc) is 2.68. The zero-order valence-corrected chi connectivity index (χ0v) is 16.3. The van der Waals surface area contributed by atoms with Crippen LogP contribution in [0.2, 0.25) is 0 Å². The molecule has 28 heavy (non-hydrogen) atoms. The number of hydrogen-bond donors (Lipinski definition) is 1. The molecule has 1 fully saturated rings. The maximum atomic E-state index is 12.7. The molecule has 7 nitrogen and oxygen atoms in total. The molecule has 0 amide bonds. The molecule has 1 N–H and O–H groups in total. The summed E-state index contributed by atoms with van der Waals surface area (Å²) >= 11 is 0. The van der Waals surface area contributed by atoms with Gasteiger partial charge in [0.2, 0.25) is 0 Å². The van der Waals surface area contributed by atoms with Gasteiger partial charge < -0.3 is 14.6 Å². The van der Waals surface area contributed by atoms with E-state index in [1.807, 2.05) is 10.6 Å². The van der Waals surface area contributed by atoms with E-state index in [0.717, 1.165) is 31.5 Å². The maximum absolute atomic E-state index is 12.7. The molecule has 2 aliphatic rings. The molecule has 3 atom stereocenters. The molecule has 4 heterocycles. The van der Waals surface area contributed by atoms with E-state index < -0.39 is 5.97 Å². The van der Waals surface area contributed by atoms with Crippen LogP contribution in [0, 0.1) is 11.8 Å². The average molecular weight is 382 g/mol. The van der Waals surface area contributed by atoms with Crippen molar-refractivity contribution in [2.24, 2.45) is 11.8 Å². The third-order valence-corrected chi connectivity index (χ3v) is 6.00. The highest BCUT2D eigenvalue weighted by molar-refractivity contribution is 5.85. The summed E-state index contributed by atoms with van der Waals surface area (Å²) < 4.78 is 2.03. The molecule has 7 heteroatoms. The molecule has 0 spiro atoms. The molecule has 2 aromatic rings. The van der Waals surface area contributed by atoms with Crippen molar-refractivity contribution in [3.8, 4) is 0 Å². The summed E-state index contributed by atoms with van der Waals surface area (Å²) in [7, 11) is 0. The quantitative estimate of drug-likeness (QED) is 0.855. The first kappa shape index (κ1) is 18.7. The first-order valence-electron chi connectivity index (χ1n) is 9.95. The second kappa shape index (κ2) is 7.37. The van der Waals surface area contributed by atoms with Gasteiger partial charge in [-0.05, 0) is 37.2 Å². The Balaban J connectivity index is 1.70. The van der Waals surface area contributed by atoms with Crippen LogP contribution in [0.5, 0.6) is 0 Å². The lowest BCUT2D eigenvalue weighted by molar-refractivity contribution is 0.0690. The van der Waals surface area contributed by atoms with Gasteiger partial charge in [-0.1, -0.05) is 19.9 Å². The lowest BCUT2D eigenvalue weighted by Gasteiger charge is -2.47. The number of rotatable bonds is 5. The fourth-order valence-corrected chi connectivity index (χ4v) is 4.71. The van der Waals surface area contributed by atoms with E-state index in [9.17, 15) is 14.7 Å². The van der Waals surface area contributed by atoms with Crippen molar-refractivity contribution in [1.82, 2.24) is 14.5 Å². The number of pyridine rings is 1. The minimum absolute atomic E-state index is 0.0405. The molecular formula is C21H26N4O3. The van der Waals surface area contributed by atoms with Crippen LogP contribution in [0.4, 0.5) is 5.82 Å². The molecule has 0 aliphatic carbocycles. The maximum Gasteiger partial charge on any atom is 0.356 e. The molecule has 2 aliphatic heterocycles. The molecule has 0 radical (unpaired) electrons. The number of nitrogens with zero attached hydrogens (tertiary/aromatic N) is 4. The van der Waals surface area contributed by atoms with Crippen molar-refractivity contribution in [3.63, 3.8) is 0 Å². The van der Waals surface area contributed by atoms with Crippen molar-refractivity contribution in [2.75, 3.05) is 18.0 Å². The number of aromatic nitrogens is 3. The van der Waals surface area contributed by atoms with E-state index in [-0.39, 0.29) is 23.2 Å². The monoisotopic (exact) mass is 382 g/mol. The summed E-state index contributed by atoms with van der Waals surface area (Å²) in [5.41, 5.74) is 1.13. The van der Waals surface area contributed by atoms with Crippen LogP contribution in [0.15, 0.2) is 35.4 Å². The minimum Gasteiger partial charge on any atom is -0.476 e. The van der Waals surface area contributed by atoms with E-state index in [1.165, 1.54) is 6.20 Å². The minimum atomic E-state index is -1.07. The second-order valence-corrected chi connectivity index (χ2v) is 8.36. The summed E-state index contributed by atoms with van der Waals surface area (Å²) in [6.07, 6.45) is 6.00. The van der Waals surface area contributed by atoms with Gasteiger partial charge in [0.25, 0.3) is 5.56 Å². The third kappa shape index (κ3) is 3.41. The second-order valence-electron chi connectivity index (χ2n) is 8.36. The fourth-order valence-electron chi connectivity index (χ4n) is 4.71. The number of carboxylic acid groups (broad SMARTS) is 1. The molecule has 0 unspecified atom stereocenters. The number of carbonyl (C=O) groups is 1. The largest absolute Gasteiger partial charge is 0.476 e. The summed E-state index contributed by atoms with van der Waals surface area (Å²) in [6.45, 7) is 5.90. The van der Waals surface area contributed by atoms with Crippen LogP contribution in [0.1, 0.15) is 61.3 Å². The molecule has 2 bridgehead atoms. The number of hydrogen-bond acceptors (Lipinski definition) is 5. The zero-order chi connectivity index (χ0) is 19.8. The van der Waals surface area contributed by atoms with Gasteiger partial charge in [0.1, 0.15) is 5.82 Å². The van der Waals surface area contributed by atoms with E-state index in [2.05, 4.69) is 34.8 Å². The van der Waals surface area contributed by atoms with Crippen molar-refractivity contribution in [3.05, 3.63) is 52.3 Å². The molecule has 148 valence electrons. The predicted octanol–water partition coefficient (Wildman–Crippen LogP) is 2.94. The Labute approximate surface area is 164 Å². The van der Waals surface area contributed by atoms with E-state index in [0.29, 0.717) is 24.2 Å². The summed E-state index contributed by atoms with van der Waals surface area (Å²) in [5, 5.41) is 9.23. The van der Waals surface area contributed by atoms with Gasteiger partial charge >= 0.3 is 5.97 Å². The lowest BCUT2D eigenvalue weighted by atomic mass is 9.76. The van der Waals surface area contributed by atoms with Crippen molar-refractivity contribution in [1.29, 1.82) is 0 Å². The van der Waals surface area contributed by atoms with Crippen molar-refractivity contribution >= 4 is 11.8 Å². The first-order valence-corrected chi connectivity index (χ1v) is 9.95. The Morgan fingerprint density at radius 1 is 1.29 bits per heavy atom. The van der Waals surface area contributed by atoms with E-state index >= 15 is 0 Å². The summed E-state index contributed by atoms with van der Waals surface area (Å²) in [5.74, 6) is 0.680. The number of piperidine rings is 1. The van der Waals surface area contributed by atoms with Gasteiger partial charge in [-0.3, -0.25) is 9.78 Å². The van der Waals surface area contributed by atoms with Gasteiger partial charge in [0.15, 0.2) is 5.69 Å². The van der Waals surface area contributed by atoms with Crippen LogP contribution in [-0.2, 0) is 0 Å². The van der Waals surface area contributed by atoms with Crippen LogP contribution < -0.4 is 10.5 Å². The van der Waals surface area contributed by atoms with Crippen LogP contribution in [-0.4, -0.2) is 38.7 Å². The van der Waals surface area contributed by atoms with Gasteiger partial charge in [-0.2, -0.15) is 0 Å². The van der Waals surface area contributed by atoms with Gasteiger partial charge in [0, 0.05) is 36.8 Å². The van der Waals surface area contributed by atoms with Gasteiger partial charge in [-0.15, -0.1) is 0 Å². The highest BCUT2D eigenvalue weighted by atomic mass is 16.4. The standard InChI is InChI=1S/C21H26N4O3/c1-13(2)6-7-18-15-8-14(17-4-3-5-20(26)25(17)18)11-24(12-15)19-10-22-9-16(23-19)21(27)28/h3-5,9-10,13-15,18H,6-8,11-12H2,1-2H3,(H,27,28)/t14-,15+,18+/m1/s1. The molecule has 4 rings (SSSR count). The predicted molar refractivity (Wildman–Crippen MR) is 106 cm³/mol. The Hall–Kier alpha value is -2.70. The molecule has 0 aromatic carbocycles. The number of anilines is 1. The van der Waals surface area contributed by atoms with Crippen molar-refractivity contribution in [2.45, 2.75) is 45.1 Å². The van der Waals surface area contributed by atoms with Crippen LogP contribution in [0.3, 0.4) is 0 Å². The van der Waals surface area contributed by atoms with Crippen LogP contribution >= 0.6 is 0 Å². The van der Waals surface area contributed by atoms with Crippen molar-refractivity contribution < 1.29 is 9.90 Å². The Morgan fingerprint density at radius 2 is 2.11 bits per heavy atom. The highest BCUT2D eigenvalue weighted by Gasteiger charge is 2.40. The Kier molecular flexibility index (Phi) is 4.91. The van der Waals surface area contributed by atoms with Crippen LogP contribution in [0.25, 0.3) is 0 Å². The Morgan fingerprint density at radius 3 is 2.86 bits per heavy atom. The SMILES string of the molecule is CC(C)CC[C@H]1[C@H]2C[C@H](CN(c3cncc(C(=O)O)n3)C2)c2cccc(=O)n21. The third-order valence-electron chi connectivity index (χ3n) is 6.00. The van der Waals surface area contributed by atoms with Gasteiger partial charge in [-0.25, -0.2) is 9.78 Å². The topological polar surface area (TPSA) is 88.3 Å². The fraction of sp³-hybridized carbons (Fsp3) is 0.524. The number of fused-ring (bicyclic) bond motifs is 4. The Bertz CT molecular complexity index is 939. The molecular weight excluding hydrogens is 356 g/mol. The number of aromatic carboxylic acids is 1. The van der Waals surface area contributed by atoms with E-state index in [4.69, 9.17) is 0 Å². The number of carboxylic acids is 1. The highest BCUT2D eigenvalue weighted by Crippen LogP contribution is 2.43. The van der Waals surface area contributed by atoms with E-state index in [1.54, 1.807) is 12.3 Å². The molecule has 2 aromatic heterocycles. The summed E-state index contributed by atoms with van der Waals surface area (Å²) in [4.78, 5) is 34.5. The molecule has 0 saturated carbocycles. The smallest absolute Gasteiger partial charge is 0.356 e. The normalized spacial score (nSPS) is 23.5. The zero-order valence-electron chi connectivity index (χ0n) is 16.3. The lowest BCUT2D eigenvalue weighted by Crippen LogP contribution is -2.49. The summed E-state index contributed by atoms with van der Waals surface area (Å²) in [6, 6.07) is 5.73. The molecule has 1 saturated heterocycles. The first-order chi connectivity index (χ1) is 13.4.